The summed E-state index contributed by atoms with van der Waals surface area (Å²) < 4.78 is 6.28. The molecule has 0 bridgehead atoms. The van der Waals surface area contributed by atoms with Gasteiger partial charge in [0.05, 0.1) is 0 Å². The Bertz CT molecular complexity index is 282. The molecule has 19 heavy (non-hydrogen) atoms. The van der Waals surface area contributed by atoms with Gasteiger partial charge in [-0.05, 0) is 42.8 Å². The first kappa shape index (κ1) is 17.0. The van der Waals surface area contributed by atoms with Gasteiger partial charge in [0.25, 0.3) is 0 Å². The zero-order valence-electron chi connectivity index (χ0n) is 14.0. The summed E-state index contributed by atoms with van der Waals surface area (Å²) in [5.41, 5.74) is 0. The minimum Gasteiger partial charge on any atom is -0.416 e. The molecule has 0 radical (unpaired) electrons. The Morgan fingerprint density at radius 3 is 2.26 bits per heavy atom. The first-order chi connectivity index (χ1) is 8.72. The maximum atomic E-state index is 6.28. The van der Waals surface area contributed by atoms with Crippen molar-refractivity contribution in [2.75, 3.05) is 6.61 Å². The quantitative estimate of drug-likeness (QED) is 0.458. The molecule has 0 aromatic carbocycles. The lowest BCUT2D eigenvalue weighted by Gasteiger charge is -2.36. The minimum absolute atomic E-state index is 0.319. The van der Waals surface area contributed by atoms with Gasteiger partial charge in [-0.15, -0.1) is 0 Å². The van der Waals surface area contributed by atoms with Crippen molar-refractivity contribution in [1.82, 2.24) is 0 Å². The third-order valence-electron chi connectivity index (χ3n) is 4.87. The standard InChI is InChI=1S/C17H34OSi/c1-15(12-13-16-10-8-7-9-11-16)14-18-19(5,6)17(2,3)4/h12-13,15-16H,7-11,14H2,1-6H3/b13-12-/t15-/m1/s1. The van der Waals surface area contributed by atoms with Crippen LogP contribution in [0.1, 0.15) is 59.8 Å². The van der Waals surface area contributed by atoms with Crippen molar-refractivity contribution in [2.45, 2.75) is 77.9 Å². The zero-order valence-corrected chi connectivity index (χ0v) is 15.0. The largest absolute Gasteiger partial charge is 0.416 e. The van der Waals surface area contributed by atoms with E-state index in [4.69, 9.17) is 4.43 Å². The van der Waals surface area contributed by atoms with Crippen molar-refractivity contribution >= 4 is 8.32 Å². The van der Waals surface area contributed by atoms with Crippen LogP contribution in [0.25, 0.3) is 0 Å². The molecule has 1 rings (SSSR count). The molecular weight excluding hydrogens is 248 g/mol. The topological polar surface area (TPSA) is 9.23 Å². The van der Waals surface area contributed by atoms with E-state index in [0.717, 1.165) is 12.5 Å². The lowest BCUT2D eigenvalue weighted by molar-refractivity contribution is 0.258. The van der Waals surface area contributed by atoms with Gasteiger partial charge in [0.1, 0.15) is 0 Å². The molecule has 1 aliphatic rings. The molecule has 0 saturated heterocycles. The second-order valence-electron chi connectivity index (χ2n) is 7.83. The second-order valence-corrected chi connectivity index (χ2v) is 12.6. The van der Waals surface area contributed by atoms with E-state index >= 15 is 0 Å². The lowest BCUT2D eigenvalue weighted by Crippen LogP contribution is -2.41. The monoisotopic (exact) mass is 282 g/mol. The SMILES string of the molecule is C[C@H](/C=C\C1CCCCC1)CO[Si](C)(C)C(C)(C)C. The highest BCUT2D eigenvalue weighted by atomic mass is 28.4. The Hall–Kier alpha value is -0.0831. The van der Waals surface area contributed by atoms with E-state index in [2.05, 4.69) is 52.9 Å². The van der Waals surface area contributed by atoms with Crippen LogP contribution in [-0.2, 0) is 4.43 Å². The van der Waals surface area contributed by atoms with Crippen LogP contribution in [0.5, 0.6) is 0 Å². The summed E-state index contributed by atoms with van der Waals surface area (Å²) in [6.07, 6.45) is 11.9. The second kappa shape index (κ2) is 7.08. The highest BCUT2D eigenvalue weighted by Gasteiger charge is 2.37. The number of hydrogen-bond donors (Lipinski definition) is 0. The van der Waals surface area contributed by atoms with Gasteiger partial charge in [-0.2, -0.15) is 0 Å². The molecule has 112 valence electrons. The van der Waals surface area contributed by atoms with E-state index in [0.29, 0.717) is 11.0 Å². The maximum absolute atomic E-state index is 6.28. The average Bonchev–Trinajstić information content (AvgIpc) is 2.34. The van der Waals surface area contributed by atoms with Crippen LogP contribution in [0.3, 0.4) is 0 Å². The van der Waals surface area contributed by atoms with Crippen LogP contribution in [0, 0.1) is 11.8 Å². The van der Waals surface area contributed by atoms with Crippen LogP contribution in [-0.4, -0.2) is 14.9 Å². The fourth-order valence-corrected chi connectivity index (χ4v) is 3.40. The Morgan fingerprint density at radius 2 is 1.74 bits per heavy atom. The molecule has 1 saturated carbocycles. The number of allylic oxidation sites excluding steroid dienone is 1. The molecule has 0 N–H and O–H groups in total. The summed E-state index contributed by atoms with van der Waals surface area (Å²) >= 11 is 0. The minimum atomic E-state index is -1.57. The maximum Gasteiger partial charge on any atom is 0.192 e. The van der Waals surface area contributed by atoms with Gasteiger partial charge in [0.2, 0.25) is 0 Å². The molecule has 0 amide bonds. The molecule has 0 aromatic heterocycles. The van der Waals surface area contributed by atoms with E-state index in [1.807, 2.05) is 0 Å². The van der Waals surface area contributed by atoms with Gasteiger partial charge in [0, 0.05) is 6.61 Å². The highest BCUT2D eigenvalue weighted by Crippen LogP contribution is 2.36. The van der Waals surface area contributed by atoms with Crippen molar-refractivity contribution in [3.8, 4) is 0 Å². The van der Waals surface area contributed by atoms with Crippen LogP contribution in [0.2, 0.25) is 18.1 Å². The fraction of sp³-hybridized carbons (Fsp3) is 0.882. The third-order valence-corrected chi connectivity index (χ3v) is 9.38. The average molecular weight is 283 g/mol. The van der Waals surface area contributed by atoms with Crippen molar-refractivity contribution < 1.29 is 4.43 Å². The molecule has 1 fully saturated rings. The van der Waals surface area contributed by atoms with Crippen molar-refractivity contribution in [3.63, 3.8) is 0 Å². The van der Waals surface area contributed by atoms with Crippen LogP contribution in [0.4, 0.5) is 0 Å². The molecule has 0 aromatic rings. The Balaban J connectivity index is 2.34. The van der Waals surface area contributed by atoms with E-state index in [1.165, 1.54) is 32.1 Å². The van der Waals surface area contributed by atoms with E-state index < -0.39 is 8.32 Å². The molecule has 1 atom stereocenters. The normalized spacial score (nSPS) is 20.9. The summed E-state index contributed by atoms with van der Waals surface area (Å²) in [7, 11) is -1.57. The van der Waals surface area contributed by atoms with Gasteiger partial charge in [-0.1, -0.05) is 59.1 Å². The molecule has 0 spiro atoms. The van der Waals surface area contributed by atoms with Gasteiger partial charge in [-0.25, -0.2) is 0 Å². The van der Waals surface area contributed by atoms with Crippen molar-refractivity contribution in [3.05, 3.63) is 12.2 Å². The first-order valence-corrected chi connectivity index (χ1v) is 11.0. The first-order valence-electron chi connectivity index (χ1n) is 8.04. The molecule has 1 aliphatic carbocycles. The Morgan fingerprint density at radius 1 is 1.16 bits per heavy atom. The third kappa shape index (κ3) is 5.82. The lowest BCUT2D eigenvalue weighted by atomic mass is 9.88. The number of rotatable bonds is 5. The zero-order chi connectivity index (χ0) is 14.5. The van der Waals surface area contributed by atoms with E-state index in [-0.39, 0.29) is 0 Å². The summed E-state index contributed by atoms with van der Waals surface area (Å²) in [5.74, 6) is 1.39. The van der Waals surface area contributed by atoms with E-state index in [1.54, 1.807) is 0 Å². The summed E-state index contributed by atoms with van der Waals surface area (Å²) in [6.45, 7) is 14.8. The molecular formula is C17H34OSi. The highest BCUT2D eigenvalue weighted by molar-refractivity contribution is 6.74. The Kier molecular flexibility index (Phi) is 6.32. The predicted molar refractivity (Wildman–Crippen MR) is 88.0 cm³/mol. The molecule has 2 heteroatoms. The Labute approximate surface area is 122 Å². The smallest absolute Gasteiger partial charge is 0.192 e. The van der Waals surface area contributed by atoms with Gasteiger partial charge < -0.3 is 4.43 Å². The van der Waals surface area contributed by atoms with Crippen LogP contribution < -0.4 is 0 Å². The predicted octanol–water partition coefficient (Wildman–Crippen LogP) is 5.78. The van der Waals surface area contributed by atoms with Crippen molar-refractivity contribution in [2.24, 2.45) is 11.8 Å². The van der Waals surface area contributed by atoms with Crippen LogP contribution >= 0.6 is 0 Å². The molecule has 0 unspecified atom stereocenters. The molecule has 1 nitrogen and oxygen atoms in total. The van der Waals surface area contributed by atoms with E-state index in [9.17, 15) is 0 Å². The summed E-state index contributed by atoms with van der Waals surface area (Å²) in [4.78, 5) is 0. The van der Waals surface area contributed by atoms with Gasteiger partial charge >= 0.3 is 0 Å². The van der Waals surface area contributed by atoms with Gasteiger partial charge in [0.15, 0.2) is 8.32 Å². The number of hydrogen-bond acceptors (Lipinski definition) is 1. The molecule has 0 heterocycles. The fourth-order valence-electron chi connectivity index (χ4n) is 2.29. The van der Waals surface area contributed by atoms with Crippen molar-refractivity contribution in [1.29, 1.82) is 0 Å². The molecule has 0 aliphatic heterocycles. The summed E-state index contributed by atoms with van der Waals surface area (Å²) in [5, 5.41) is 0.319. The summed E-state index contributed by atoms with van der Waals surface area (Å²) in [6, 6.07) is 0. The van der Waals surface area contributed by atoms with Crippen LogP contribution in [0.15, 0.2) is 12.2 Å². The van der Waals surface area contributed by atoms with Gasteiger partial charge in [-0.3, -0.25) is 0 Å².